The van der Waals surface area contributed by atoms with Crippen molar-refractivity contribution >= 4 is 10.8 Å². The topological polar surface area (TPSA) is 39.2 Å². The van der Waals surface area contributed by atoms with Crippen molar-refractivity contribution in [1.29, 1.82) is 0 Å². The zero-order chi connectivity index (χ0) is 13.1. The summed E-state index contributed by atoms with van der Waals surface area (Å²) in [6.45, 7) is 2.02. The Morgan fingerprint density at radius 1 is 1.22 bits per heavy atom. The van der Waals surface area contributed by atoms with Gasteiger partial charge in [-0.15, -0.1) is 0 Å². The molecule has 0 spiro atoms. The van der Waals surface area contributed by atoms with Crippen LogP contribution in [0.5, 0.6) is 5.75 Å². The third kappa shape index (κ3) is 2.59. The lowest BCUT2D eigenvalue weighted by Crippen LogP contribution is -1.95. The molecule has 3 nitrogen and oxygen atoms in total. The minimum Gasteiger partial charge on any atom is -0.495 e. The predicted molar refractivity (Wildman–Crippen MR) is 73.3 cm³/mol. The Morgan fingerprint density at radius 2 is 2.00 bits per heavy atom. The van der Waals surface area contributed by atoms with Gasteiger partial charge < -0.3 is 4.74 Å². The highest BCUT2D eigenvalue weighted by Gasteiger charge is 2.09. The van der Waals surface area contributed by atoms with Gasteiger partial charge in [-0.3, -0.25) is 9.19 Å². The fourth-order valence-corrected chi connectivity index (χ4v) is 2.48. The summed E-state index contributed by atoms with van der Waals surface area (Å²) in [5.74, 6) is 0.646. The maximum atomic E-state index is 11.7. The lowest BCUT2D eigenvalue weighted by Gasteiger charge is -2.08. The van der Waals surface area contributed by atoms with E-state index in [2.05, 4.69) is 4.98 Å². The Kier molecular flexibility index (Phi) is 3.77. The normalized spacial score (nSPS) is 12.2. The Hall–Kier alpha value is -1.68. The highest BCUT2D eigenvalue weighted by Crippen LogP contribution is 2.27. The smallest absolute Gasteiger partial charge is 0.135 e. The van der Waals surface area contributed by atoms with Crippen molar-refractivity contribution in [3.63, 3.8) is 0 Å². The number of benzene rings is 1. The van der Waals surface area contributed by atoms with Gasteiger partial charge in [0.25, 0.3) is 0 Å². The highest BCUT2D eigenvalue weighted by atomic mass is 32.2. The van der Waals surface area contributed by atoms with Crippen LogP contribution in [0.3, 0.4) is 0 Å². The second-order valence-electron chi connectivity index (χ2n) is 4.04. The molecule has 1 heterocycles. The second kappa shape index (κ2) is 5.31. The van der Waals surface area contributed by atoms with Gasteiger partial charge in [0.05, 0.1) is 28.5 Å². The van der Waals surface area contributed by atoms with Gasteiger partial charge in [0.1, 0.15) is 5.75 Å². The molecule has 0 fully saturated rings. The molecule has 94 valence electrons. The third-order valence-electron chi connectivity index (χ3n) is 2.68. The van der Waals surface area contributed by atoms with E-state index in [0.29, 0.717) is 10.6 Å². The van der Waals surface area contributed by atoms with E-state index in [9.17, 15) is 4.21 Å². The minimum absolute atomic E-state index is 0.646. The molecule has 0 aliphatic carbocycles. The standard InChI is InChI=1S/C14H15NO2S/c1-10-6-7-15-12(8-10)11-4-5-13(17-2)14(9-11)18(3)16/h4-9H,1-3H3. The molecule has 18 heavy (non-hydrogen) atoms. The van der Waals surface area contributed by atoms with Gasteiger partial charge in [0, 0.05) is 18.0 Å². The van der Waals surface area contributed by atoms with Crippen LogP contribution in [0.25, 0.3) is 11.3 Å². The minimum atomic E-state index is -1.08. The van der Waals surface area contributed by atoms with E-state index in [0.717, 1.165) is 16.8 Å². The number of hydrogen-bond donors (Lipinski definition) is 0. The molecule has 1 unspecified atom stereocenters. The SMILES string of the molecule is COc1ccc(-c2cc(C)ccn2)cc1S(C)=O. The molecular weight excluding hydrogens is 246 g/mol. The van der Waals surface area contributed by atoms with Crippen molar-refractivity contribution in [1.82, 2.24) is 4.98 Å². The number of pyridine rings is 1. The maximum Gasteiger partial charge on any atom is 0.135 e. The number of methoxy groups -OCH3 is 1. The number of hydrogen-bond acceptors (Lipinski definition) is 3. The molecule has 1 aromatic carbocycles. The molecule has 0 saturated carbocycles. The van der Waals surface area contributed by atoms with Crippen LogP contribution in [0.1, 0.15) is 5.56 Å². The van der Waals surface area contributed by atoms with Gasteiger partial charge in [-0.1, -0.05) is 0 Å². The molecule has 2 rings (SSSR count). The second-order valence-corrected chi connectivity index (χ2v) is 5.39. The number of nitrogens with zero attached hydrogens (tertiary/aromatic N) is 1. The first kappa shape index (κ1) is 12.8. The first-order valence-corrected chi connectivity index (χ1v) is 7.12. The maximum absolute atomic E-state index is 11.7. The predicted octanol–water partition coefficient (Wildman–Crippen LogP) is 2.80. The van der Waals surface area contributed by atoms with Crippen molar-refractivity contribution in [2.75, 3.05) is 13.4 Å². The van der Waals surface area contributed by atoms with Crippen molar-refractivity contribution in [3.8, 4) is 17.0 Å². The molecule has 0 N–H and O–H groups in total. The van der Waals surface area contributed by atoms with E-state index >= 15 is 0 Å². The van der Waals surface area contributed by atoms with Crippen LogP contribution in [-0.4, -0.2) is 22.6 Å². The first-order valence-electron chi connectivity index (χ1n) is 5.56. The lowest BCUT2D eigenvalue weighted by atomic mass is 10.1. The Morgan fingerprint density at radius 3 is 2.61 bits per heavy atom. The van der Waals surface area contributed by atoms with Crippen molar-refractivity contribution < 1.29 is 8.95 Å². The third-order valence-corrected chi connectivity index (χ3v) is 3.62. The summed E-state index contributed by atoms with van der Waals surface area (Å²) in [5, 5.41) is 0. The van der Waals surface area contributed by atoms with E-state index in [1.165, 1.54) is 0 Å². The average Bonchev–Trinajstić information content (AvgIpc) is 2.38. The Bertz CT molecular complexity index is 596. The van der Waals surface area contributed by atoms with Gasteiger partial charge in [-0.05, 0) is 42.8 Å². The van der Waals surface area contributed by atoms with E-state index in [1.807, 2.05) is 37.3 Å². The van der Waals surface area contributed by atoms with Crippen molar-refractivity contribution in [2.24, 2.45) is 0 Å². The van der Waals surface area contributed by atoms with Crippen molar-refractivity contribution in [2.45, 2.75) is 11.8 Å². The lowest BCUT2D eigenvalue weighted by molar-refractivity contribution is 0.404. The molecule has 0 aliphatic heterocycles. The largest absolute Gasteiger partial charge is 0.495 e. The van der Waals surface area contributed by atoms with E-state index in [-0.39, 0.29) is 0 Å². The fraction of sp³-hybridized carbons (Fsp3) is 0.214. The molecule has 0 saturated heterocycles. The van der Waals surface area contributed by atoms with Crippen LogP contribution in [0, 0.1) is 6.92 Å². The summed E-state index contributed by atoms with van der Waals surface area (Å²) in [6.07, 6.45) is 3.42. The van der Waals surface area contributed by atoms with Gasteiger partial charge in [-0.25, -0.2) is 0 Å². The molecule has 1 atom stereocenters. The van der Waals surface area contributed by atoms with Gasteiger partial charge in [0.15, 0.2) is 0 Å². The first-order chi connectivity index (χ1) is 8.61. The molecular formula is C14H15NO2S. The van der Waals surface area contributed by atoms with E-state index in [1.54, 1.807) is 19.6 Å². The average molecular weight is 261 g/mol. The van der Waals surface area contributed by atoms with Crippen LogP contribution >= 0.6 is 0 Å². The summed E-state index contributed by atoms with van der Waals surface area (Å²) < 4.78 is 16.9. The fourth-order valence-electron chi connectivity index (χ4n) is 1.75. The quantitative estimate of drug-likeness (QED) is 0.853. The van der Waals surface area contributed by atoms with Crippen LogP contribution in [-0.2, 0) is 10.8 Å². The summed E-state index contributed by atoms with van der Waals surface area (Å²) in [4.78, 5) is 5.02. The van der Waals surface area contributed by atoms with E-state index in [4.69, 9.17) is 4.74 Å². The van der Waals surface area contributed by atoms with Crippen molar-refractivity contribution in [3.05, 3.63) is 42.1 Å². The molecule has 4 heteroatoms. The van der Waals surface area contributed by atoms with Crippen LogP contribution in [0.2, 0.25) is 0 Å². The zero-order valence-corrected chi connectivity index (χ0v) is 11.5. The molecule has 2 aromatic rings. The number of ether oxygens (including phenoxy) is 1. The summed E-state index contributed by atoms with van der Waals surface area (Å²) in [6, 6.07) is 9.58. The van der Waals surface area contributed by atoms with Gasteiger partial charge in [0.2, 0.25) is 0 Å². The zero-order valence-electron chi connectivity index (χ0n) is 10.6. The van der Waals surface area contributed by atoms with Crippen LogP contribution in [0.15, 0.2) is 41.4 Å². The summed E-state index contributed by atoms with van der Waals surface area (Å²) in [7, 11) is 0.497. The van der Waals surface area contributed by atoms with E-state index < -0.39 is 10.8 Å². The molecule has 0 radical (unpaired) electrons. The number of rotatable bonds is 3. The molecule has 0 bridgehead atoms. The van der Waals surface area contributed by atoms with Gasteiger partial charge in [-0.2, -0.15) is 0 Å². The summed E-state index contributed by atoms with van der Waals surface area (Å²) >= 11 is 0. The number of aromatic nitrogens is 1. The van der Waals surface area contributed by atoms with Gasteiger partial charge >= 0.3 is 0 Å². The monoisotopic (exact) mass is 261 g/mol. The summed E-state index contributed by atoms with van der Waals surface area (Å²) in [5.41, 5.74) is 2.98. The van der Waals surface area contributed by atoms with Crippen LogP contribution in [0.4, 0.5) is 0 Å². The Balaban J connectivity index is 2.53. The highest BCUT2D eigenvalue weighted by molar-refractivity contribution is 7.84. The Labute approximate surface area is 109 Å². The number of aryl methyl sites for hydroxylation is 1. The van der Waals surface area contributed by atoms with Crippen LogP contribution < -0.4 is 4.74 Å². The molecule has 1 aromatic heterocycles. The molecule has 0 aliphatic rings. The molecule has 0 amide bonds.